The highest BCUT2D eigenvalue weighted by molar-refractivity contribution is 6.39. The number of fused-ring (bicyclic) bond motifs is 2. The van der Waals surface area contributed by atoms with E-state index in [2.05, 4.69) is 57.6 Å². The Morgan fingerprint density at radius 2 is 1.69 bits per heavy atom. The summed E-state index contributed by atoms with van der Waals surface area (Å²) in [5, 5.41) is 5.56. The first-order chi connectivity index (χ1) is 17.5. The van der Waals surface area contributed by atoms with Gasteiger partial charge in [-0.3, -0.25) is 14.5 Å². The number of aryl methyl sites for hydroxylation is 1. The quantitative estimate of drug-likeness (QED) is 0.615. The summed E-state index contributed by atoms with van der Waals surface area (Å²) in [5.74, 6) is -0.153. The Bertz CT molecular complexity index is 1120. The molecule has 0 saturated carbocycles. The molecule has 0 spiro atoms. The average molecular weight is 494 g/mol. The van der Waals surface area contributed by atoms with Gasteiger partial charge >= 0.3 is 11.8 Å². The van der Waals surface area contributed by atoms with E-state index in [9.17, 15) is 9.59 Å². The molecule has 1 fully saturated rings. The van der Waals surface area contributed by atoms with Crippen molar-refractivity contribution in [3.8, 4) is 11.5 Å². The summed E-state index contributed by atoms with van der Waals surface area (Å²) in [5.41, 5.74) is 4.31. The van der Waals surface area contributed by atoms with Crippen molar-refractivity contribution in [1.29, 1.82) is 0 Å². The molecule has 1 saturated heterocycles. The summed E-state index contributed by atoms with van der Waals surface area (Å²) in [6.45, 7) is 6.17. The Kier molecular flexibility index (Phi) is 7.29. The molecule has 2 amide bonds. The highest BCUT2D eigenvalue weighted by atomic mass is 16.6. The first kappa shape index (κ1) is 24.4. The molecule has 9 nitrogen and oxygen atoms in total. The Hall–Kier alpha value is -3.30. The van der Waals surface area contributed by atoms with Crippen LogP contribution in [0.4, 0.5) is 11.4 Å². The van der Waals surface area contributed by atoms with E-state index in [0.29, 0.717) is 36.9 Å². The van der Waals surface area contributed by atoms with Crippen LogP contribution in [0.1, 0.15) is 23.6 Å². The maximum atomic E-state index is 12.8. The number of carbonyl (C=O) groups excluding carboxylic acids is 2. The van der Waals surface area contributed by atoms with E-state index in [1.54, 1.807) is 18.2 Å². The molecular formula is C27H35N5O4. The number of anilines is 2. The van der Waals surface area contributed by atoms with Gasteiger partial charge in [0.25, 0.3) is 0 Å². The number of benzene rings is 2. The molecule has 2 aromatic rings. The van der Waals surface area contributed by atoms with Crippen molar-refractivity contribution in [1.82, 2.24) is 15.1 Å². The van der Waals surface area contributed by atoms with Crippen molar-refractivity contribution < 1.29 is 19.1 Å². The molecule has 3 heterocycles. The van der Waals surface area contributed by atoms with Gasteiger partial charge in [0.05, 0.1) is 6.04 Å². The standard InChI is InChI=1S/C27H35N5O4/c1-30-10-12-32(13-11-30)23(20-5-7-22-19(16-20)4-3-9-31(22)2)18-28-26(33)27(34)29-21-6-8-24-25(17-21)36-15-14-35-24/h5-8,16-17,23H,3-4,9-15,18H2,1-2H3,(H,28,33)(H,29,34)/t23-/m1/s1. The molecule has 3 aliphatic heterocycles. The van der Waals surface area contributed by atoms with Crippen LogP contribution in [0.5, 0.6) is 11.5 Å². The van der Waals surface area contributed by atoms with Crippen LogP contribution in [0, 0.1) is 0 Å². The van der Waals surface area contributed by atoms with E-state index >= 15 is 0 Å². The SMILES string of the molecule is CN1CCN([C@H](CNC(=O)C(=O)Nc2ccc3c(c2)OCCO3)c2ccc3c(c2)CCCN3C)CC1. The van der Waals surface area contributed by atoms with Crippen LogP contribution >= 0.6 is 0 Å². The van der Waals surface area contributed by atoms with Crippen molar-refractivity contribution in [2.75, 3.05) is 76.8 Å². The molecule has 5 rings (SSSR count). The Balaban J connectivity index is 1.27. The van der Waals surface area contributed by atoms with E-state index in [-0.39, 0.29) is 6.04 Å². The smallest absolute Gasteiger partial charge is 0.313 e. The molecule has 1 atom stereocenters. The second-order valence-corrected chi connectivity index (χ2v) is 9.79. The van der Waals surface area contributed by atoms with E-state index in [1.807, 2.05) is 0 Å². The maximum Gasteiger partial charge on any atom is 0.313 e. The van der Waals surface area contributed by atoms with Gasteiger partial charge in [-0.25, -0.2) is 0 Å². The van der Waals surface area contributed by atoms with E-state index in [0.717, 1.165) is 45.6 Å². The maximum absolute atomic E-state index is 12.8. The Labute approximate surface area is 212 Å². The molecule has 0 unspecified atom stereocenters. The van der Waals surface area contributed by atoms with Crippen LogP contribution in [-0.4, -0.2) is 88.2 Å². The lowest BCUT2D eigenvalue weighted by Crippen LogP contribution is -2.49. The molecule has 2 N–H and O–H groups in total. The van der Waals surface area contributed by atoms with Crippen LogP contribution in [0.3, 0.4) is 0 Å². The number of hydrogen-bond donors (Lipinski definition) is 2. The normalized spacial score (nSPS) is 18.8. The molecule has 9 heteroatoms. The second-order valence-electron chi connectivity index (χ2n) is 9.79. The number of carbonyl (C=O) groups is 2. The number of nitrogens with zero attached hydrogens (tertiary/aromatic N) is 3. The molecule has 0 bridgehead atoms. The largest absolute Gasteiger partial charge is 0.486 e. The van der Waals surface area contributed by atoms with Gasteiger partial charge in [0.2, 0.25) is 0 Å². The van der Waals surface area contributed by atoms with Crippen LogP contribution in [0.2, 0.25) is 0 Å². The molecule has 192 valence electrons. The summed E-state index contributed by atoms with van der Waals surface area (Å²) in [6.07, 6.45) is 2.20. The minimum absolute atomic E-state index is 0.00211. The lowest BCUT2D eigenvalue weighted by molar-refractivity contribution is -0.136. The third-order valence-electron chi connectivity index (χ3n) is 7.28. The highest BCUT2D eigenvalue weighted by Crippen LogP contribution is 2.33. The molecule has 2 aromatic carbocycles. The molecule has 0 radical (unpaired) electrons. The van der Waals surface area contributed by atoms with E-state index in [1.165, 1.54) is 16.8 Å². The number of piperazine rings is 1. The van der Waals surface area contributed by atoms with Gasteiger partial charge < -0.3 is 29.9 Å². The molecule has 3 aliphatic rings. The third-order valence-corrected chi connectivity index (χ3v) is 7.28. The first-order valence-corrected chi connectivity index (χ1v) is 12.7. The van der Waals surface area contributed by atoms with Crippen LogP contribution in [0.25, 0.3) is 0 Å². The molecule has 36 heavy (non-hydrogen) atoms. The lowest BCUT2D eigenvalue weighted by atomic mass is 9.95. The zero-order valence-electron chi connectivity index (χ0n) is 21.1. The summed E-state index contributed by atoms with van der Waals surface area (Å²) in [4.78, 5) is 32.5. The minimum Gasteiger partial charge on any atom is -0.486 e. The van der Waals surface area contributed by atoms with Gasteiger partial charge in [0, 0.05) is 63.8 Å². The number of rotatable bonds is 5. The van der Waals surface area contributed by atoms with E-state index < -0.39 is 11.8 Å². The monoisotopic (exact) mass is 493 g/mol. The fraction of sp³-hybridized carbons (Fsp3) is 0.481. The number of likely N-dealkylation sites (N-methyl/N-ethyl adjacent to an activating group) is 1. The molecule has 0 aliphatic carbocycles. The highest BCUT2D eigenvalue weighted by Gasteiger charge is 2.27. The first-order valence-electron chi connectivity index (χ1n) is 12.7. The van der Waals surface area contributed by atoms with Crippen molar-refractivity contribution in [3.05, 3.63) is 47.5 Å². The van der Waals surface area contributed by atoms with Gasteiger partial charge in [-0.15, -0.1) is 0 Å². The summed E-state index contributed by atoms with van der Waals surface area (Å²) in [6, 6.07) is 11.8. The zero-order valence-corrected chi connectivity index (χ0v) is 21.1. The van der Waals surface area contributed by atoms with Gasteiger partial charge in [-0.1, -0.05) is 12.1 Å². The number of hydrogen-bond acceptors (Lipinski definition) is 7. The van der Waals surface area contributed by atoms with E-state index in [4.69, 9.17) is 9.47 Å². The fourth-order valence-electron chi connectivity index (χ4n) is 5.18. The van der Waals surface area contributed by atoms with Gasteiger partial charge in [0.15, 0.2) is 11.5 Å². The topological polar surface area (TPSA) is 86.4 Å². The summed E-state index contributed by atoms with van der Waals surface area (Å²) < 4.78 is 11.1. The van der Waals surface area contributed by atoms with Crippen molar-refractivity contribution >= 4 is 23.2 Å². The van der Waals surface area contributed by atoms with Crippen LogP contribution in [0.15, 0.2) is 36.4 Å². The number of nitrogens with one attached hydrogen (secondary N) is 2. The third kappa shape index (κ3) is 5.42. The Morgan fingerprint density at radius 1 is 0.917 bits per heavy atom. The molecular weight excluding hydrogens is 458 g/mol. The predicted molar refractivity (Wildman–Crippen MR) is 139 cm³/mol. The minimum atomic E-state index is -0.698. The van der Waals surface area contributed by atoms with Crippen LogP contribution in [-0.2, 0) is 16.0 Å². The van der Waals surface area contributed by atoms with Gasteiger partial charge in [-0.05, 0) is 49.2 Å². The average Bonchev–Trinajstić information content (AvgIpc) is 2.89. The summed E-state index contributed by atoms with van der Waals surface area (Å²) in [7, 11) is 4.27. The zero-order chi connectivity index (χ0) is 25.1. The lowest BCUT2D eigenvalue weighted by Gasteiger charge is -2.39. The number of ether oxygens (including phenoxy) is 2. The second kappa shape index (κ2) is 10.8. The van der Waals surface area contributed by atoms with Crippen molar-refractivity contribution in [2.45, 2.75) is 18.9 Å². The van der Waals surface area contributed by atoms with Crippen molar-refractivity contribution in [3.63, 3.8) is 0 Å². The Morgan fingerprint density at radius 3 is 2.50 bits per heavy atom. The molecule has 0 aromatic heterocycles. The van der Waals surface area contributed by atoms with Crippen LogP contribution < -0.4 is 25.0 Å². The number of amides is 2. The van der Waals surface area contributed by atoms with Crippen molar-refractivity contribution in [2.24, 2.45) is 0 Å². The van der Waals surface area contributed by atoms with Gasteiger partial charge in [0.1, 0.15) is 13.2 Å². The summed E-state index contributed by atoms with van der Waals surface area (Å²) >= 11 is 0. The van der Waals surface area contributed by atoms with Gasteiger partial charge in [-0.2, -0.15) is 0 Å². The fourth-order valence-corrected chi connectivity index (χ4v) is 5.18. The predicted octanol–water partition coefficient (Wildman–Crippen LogP) is 1.88.